The summed E-state index contributed by atoms with van der Waals surface area (Å²) in [6.45, 7) is 0. The smallest absolute Gasteiger partial charge is 0.0399 e. The minimum Gasteiger partial charge on any atom is -0.398 e. The first-order valence-electron chi connectivity index (χ1n) is 3.06. The Kier molecular flexibility index (Phi) is 3.15. The number of anilines is 1. The lowest BCUT2D eigenvalue weighted by Crippen LogP contribution is -1.88. The van der Waals surface area contributed by atoms with Gasteiger partial charge in [-0.15, -0.1) is 0 Å². The first-order chi connectivity index (χ1) is 5.25. The molecule has 0 saturated heterocycles. The maximum atomic E-state index is 5.71. The van der Waals surface area contributed by atoms with Crippen LogP contribution in [0.25, 0.3) is 4.48 Å². The summed E-state index contributed by atoms with van der Waals surface area (Å²) in [5.41, 5.74) is 7.48. The lowest BCUT2D eigenvalue weighted by atomic mass is 10.2. The highest BCUT2D eigenvalue weighted by molar-refractivity contribution is 9.16. The number of para-hydroxylation sites is 1. The standard InChI is InChI=1S/C8H7Br2N/c9-5-7(10)6-3-1-2-4-8(6)11/h1-5H,11H2/b7-5-. The third-order valence-corrected chi connectivity index (χ3v) is 3.04. The van der Waals surface area contributed by atoms with Crippen molar-refractivity contribution in [2.75, 3.05) is 5.73 Å². The lowest BCUT2D eigenvalue weighted by Gasteiger charge is -2.01. The van der Waals surface area contributed by atoms with Crippen molar-refractivity contribution in [3.8, 4) is 0 Å². The number of benzene rings is 1. The molecular formula is C8H7Br2N. The summed E-state index contributed by atoms with van der Waals surface area (Å²) in [5.74, 6) is 0. The first-order valence-corrected chi connectivity index (χ1v) is 4.77. The van der Waals surface area contributed by atoms with Gasteiger partial charge in [-0.2, -0.15) is 0 Å². The SMILES string of the molecule is Nc1ccccc1/C(Br)=C/Br. The summed E-state index contributed by atoms with van der Waals surface area (Å²) in [6, 6.07) is 7.68. The predicted octanol–water partition coefficient (Wildman–Crippen LogP) is 3.36. The molecule has 2 N–H and O–H groups in total. The van der Waals surface area contributed by atoms with Crippen molar-refractivity contribution in [1.29, 1.82) is 0 Å². The monoisotopic (exact) mass is 275 g/mol. The van der Waals surface area contributed by atoms with Gasteiger partial charge in [-0.1, -0.05) is 34.1 Å². The van der Waals surface area contributed by atoms with E-state index >= 15 is 0 Å². The Morgan fingerprint density at radius 3 is 2.55 bits per heavy atom. The molecule has 0 aliphatic carbocycles. The lowest BCUT2D eigenvalue weighted by molar-refractivity contribution is 1.64. The van der Waals surface area contributed by atoms with E-state index in [0.29, 0.717) is 0 Å². The van der Waals surface area contributed by atoms with Gasteiger partial charge in [0.15, 0.2) is 0 Å². The number of nitrogens with two attached hydrogens (primary N) is 1. The van der Waals surface area contributed by atoms with Gasteiger partial charge in [0.1, 0.15) is 0 Å². The molecule has 1 rings (SSSR count). The molecule has 0 aliphatic heterocycles. The van der Waals surface area contributed by atoms with Crippen LogP contribution in [0.3, 0.4) is 0 Å². The zero-order valence-electron chi connectivity index (χ0n) is 5.72. The van der Waals surface area contributed by atoms with Crippen LogP contribution in [0.4, 0.5) is 5.69 Å². The minimum absolute atomic E-state index is 0.773. The quantitative estimate of drug-likeness (QED) is 0.782. The maximum absolute atomic E-state index is 5.71. The zero-order valence-corrected chi connectivity index (χ0v) is 8.89. The molecule has 11 heavy (non-hydrogen) atoms. The van der Waals surface area contributed by atoms with Crippen molar-refractivity contribution >= 4 is 42.0 Å². The summed E-state index contributed by atoms with van der Waals surface area (Å²) in [4.78, 5) is 1.79. The van der Waals surface area contributed by atoms with E-state index < -0.39 is 0 Å². The molecule has 0 unspecified atom stereocenters. The Balaban J connectivity index is 3.14. The Morgan fingerprint density at radius 1 is 1.36 bits per heavy atom. The van der Waals surface area contributed by atoms with E-state index in [1.165, 1.54) is 0 Å². The molecule has 0 saturated carbocycles. The molecule has 1 aromatic rings. The van der Waals surface area contributed by atoms with Gasteiger partial charge < -0.3 is 5.73 Å². The van der Waals surface area contributed by atoms with Crippen molar-refractivity contribution in [3.63, 3.8) is 0 Å². The Hall–Kier alpha value is -0.280. The van der Waals surface area contributed by atoms with Crippen LogP contribution in [-0.4, -0.2) is 0 Å². The third-order valence-electron chi connectivity index (χ3n) is 1.31. The van der Waals surface area contributed by atoms with E-state index in [-0.39, 0.29) is 0 Å². The molecule has 0 fully saturated rings. The van der Waals surface area contributed by atoms with Gasteiger partial charge in [-0.25, -0.2) is 0 Å². The Labute approximate surface area is 82.5 Å². The van der Waals surface area contributed by atoms with Crippen molar-refractivity contribution in [3.05, 3.63) is 34.8 Å². The van der Waals surface area contributed by atoms with E-state index in [9.17, 15) is 0 Å². The second-order valence-corrected chi connectivity index (χ2v) is 3.36. The molecule has 3 heteroatoms. The van der Waals surface area contributed by atoms with Crippen LogP contribution < -0.4 is 5.73 Å². The van der Waals surface area contributed by atoms with Crippen LogP contribution in [0.5, 0.6) is 0 Å². The molecular weight excluding hydrogens is 270 g/mol. The number of hydrogen-bond donors (Lipinski definition) is 1. The van der Waals surface area contributed by atoms with Crippen molar-refractivity contribution in [2.45, 2.75) is 0 Å². The summed E-state index contributed by atoms with van der Waals surface area (Å²) < 4.78 is 0.954. The minimum atomic E-state index is 0.773. The average Bonchev–Trinajstić information content (AvgIpc) is 2.04. The molecule has 0 amide bonds. The van der Waals surface area contributed by atoms with Gasteiger partial charge in [-0.05, 0) is 27.0 Å². The number of rotatable bonds is 1. The van der Waals surface area contributed by atoms with Gasteiger partial charge >= 0.3 is 0 Å². The van der Waals surface area contributed by atoms with Crippen LogP contribution in [0.2, 0.25) is 0 Å². The Bertz CT molecular complexity index is 281. The van der Waals surface area contributed by atoms with E-state index in [4.69, 9.17) is 5.73 Å². The number of hydrogen-bond acceptors (Lipinski definition) is 1. The normalized spacial score (nSPS) is 11.6. The predicted molar refractivity (Wildman–Crippen MR) is 56.7 cm³/mol. The molecule has 0 aliphatic rings. The van der Waals surface area contributed by atoms with Crippen molar-refractivity contribution in [2.24, 2.45) is 0 Å². The van der Waals surface area contributed by atoms with Gasteiger partial charge in [0, 0.05) is 15.7 Å². The molecule has 58 valence electrons. The molecule has 0 heterocycles. The third kappa shape index (κ3) is 2.07. The average molecular weight is 277 g/mol. The molecule has 0 radical (unpaired) electrons. The molecule has 1 nitrogen and oxygen atoms in total. The van der Waals surface area contributed by atoms with Crippen molar-refractivity contribution < 1.29 is 0 Å². The van der Waals surface area contributed by atoms with Crippen LogP contribution in [-0.2, 0) is 0 Å². The van der Waals surface area contributed by atoms with Crippen LogP contribution >= 0.6 is 31.9 Å². The first kappa shape index (κ1) is 8.81. The molecule has 0 spiro atoms. The highest BCUT2D eigenvalue weighted by Gasteiger charge is 1.98. The van der Waals surface area contributed by atoms with E-state index in [1.54, 1.807) is 4.99 Å². The second-order valence-electron chi connectivity index (χ2n) is 2.04. The van der Waals surface area contributed by atoms with Gasteiger partial charge in [-0.3, -0.25) is 0 Å². The van der Waals surface area contributed by atoms with E-state index in [0.717, 1.165) is 15.7 Å². The van der Waals surface area contributed by atoms with Crippen LogP contribution in [0, 0.1) is 0 Å². The number of halogens is 2. The highest BCUT2D eigenvalue weighted by Crippen LogP contribution is 2.26. The number of nitrogen functional groups attached to an aromatic ring is 1. The molecule has 0 bridgehead atoms. The highest BCUT2D eigenvalue weighted by atomic mass is 79.9. The summed E-state index contributed by atoms with van der Waals surface area (Å²) in [7, 11) is 0. The van der Waals surface area contributed by atoms with Crippen molar-refractivity contribution in [1.82, 2.24) is 0 Å². The molecule has 0 atom stereocenters. The largest absolute Gasteiger partial charge is 0.398 e. The van der Waals surface area contributed by atoms with Crippen LogP contribution in [0.15, 0.2) is 29.3 Å². The summed E-state index contributed by atoms with van der Waals surface area (Å²) in [5, 5.41) is 0. The van der Waals surface area contributed by atoms with E-state index in [1.807, 2.05) is 24.3 Å². The second kappa shape index (κ2) is 3.93. The fraction of sp³-hybridized carbons (Fsp3) is 0. The van der Waals surface area contributed by atoms with E-state index in [2.05, 4.69) is 31.9 Å². The fourth-order valence-electron chi connectivity index (χ4n) is 0.773. The molecule has 0 aromatic heterocycles. The maximum Gasteiger partial charge on any atom is 0.0399 e. The topological polar surface area (TPSA) is 26.0 Å². The van der Waals surface area contributed by atoms with Gasteiger partial charge in [0.25, 0.3) is 0 Å². The zero-order chi connectivity index (χ0) is 8.27. The van der Waals surface area contributed by atoms with Gasteiger partial charge in [0.05, 0.1) is 0 Å². The van der Waals surface area contributed by atoms with Crippen LogP contribution in [0.1, 0.15) is 5.56 Å². The summed E-state index contributed by atoms with van der Waals surface area (Å²) in [6.07, 6.45) is 0. The molecule has 1 aromatic carbocycles. The van der Waals surface area contributed by atoms with Gasteiger partial charge in [0.2, 0.25) is 0 Å². The Morgan fingerprint density at radius 2 is 2.00 bits per heavy atom. The summed E-state index contributed by atoms with van der Waals surface area (Å²) >= 11 is 6.59. The fourth-order valence-corrected chi connectivity index (χ4v) is 1.38.